The molecule has 0 atom stereocenters. The zero-order valence-corrected chi connectivity index (χ0v) is 8.46. The number of hydrogen-bond donors (Lipinski definition) is 2. The highest BCUT2D eigenvalue weighted by molar-refractivity contribution is 5.73. The molecule has 1 aromatic rings. The van der Waals surface area contributed by atoms with Gasteiger partial charge < -0.3 is 15.2 Å². The highest BCUT2D eigenvalue weighted by Gasteiger charge is 2.02. The second-order valence-electron chi connectivity index (χ2n) is 3.04. The Balaban J connectivity index is 2.23. The SMILES string of the molecule is CCCNC(=O)NCc1cc(C)no1. The standard InChI is InChI=1S/C9H15N3O2/c1-3-4-10-9(13)11-6-8-5-7(2)12-14-8/h5H,3-4,6H2,1-2H3,(H2,10,11,13). The Labute approximate surface area is 82.8 Å². The van der Waals surface area contributed by atoms with Crippen LogP contribution in [0.15, 0.2) is 10.6 Å². The Morgan fingerprint density at radius 3 is 2.93 bits per heavy atom. The number of nitrogens with zero attached hydrogens (tertiary/aromatic N) is 1. The number of rotatable bonds is 4. The third-order valence-corrected chi connectivity index (χ3v) is 1.64. The van der Waals surface area contributed by atoms with Gasteiger partial charge in [0.15, 0.2) is 5.76 Å². The smallest absolute Gasteiger partial charge is 0.315 e. The Morgan fingerprint density at radius 1 is 1.57 bits per heavy atom. The van der Waals surface area contributed by atoms with Gasteiger partial charge in [0.2, 0.25) is 0 Å². The van der Waals surface area contributed by atoms with Crippen molar-refractivity contribution in [3.05, 3.63) is 17.5 Å². The average Bonchev–Trinajstić information content (AvgIpc) is 2.58. The molecule has 0 radical (unpaired) electrons. The fourth-order valence-electron chi connectivity index (χ4n) is 0.968. The molecule has 5 nitrogen and oxygen atoms in total. The summed E-state index contributed by atoms with van der Waals surface area (Å²) in [6.45, 7) is 4.89. The van der Waals surface area contributed by atoms with Crippen LogP contribution < -0.4 is 10.6 Å². The van der Waals surface area contributed by atoms with Gasteiger partial charge in [0.1, 0.15) is 0 Å². The lowest BCUT2D eigenvalue weighted by Crippen LogP contribution is -2.35. The van der Waals surface area contributed by atoms with Crippen LogP contribution in [0.3, 0.4) is 0 Å². The Kier molecular flexibility index (Phi) is 3.97. The lowest BCUT2D eigenvalue weighted by atomic mass is 10.4. The summed E-state index contributed by atoms with van der Waals surface area (Å²) in [4.78, 5) is 11.1. The van der Waals surface area contributed by atoms with Crippen LogP contribution in [0.25, 0.3) is 0 Å². The highest BCUT2D eigenvalue weighted by Crippen LogP contribution is 2.00. The van der Waals surface area contributed by atoms with Gasteiger partial charge in [-0.15, -0.1) is 0 Å². The topological polar surface area (TPSA) is 67.2 Å². The molecule has 1 aromatic heterocycles. The zero-order valence-electron chi connectivity index (χ0n) is 8.46. The van der Waals surface area contributed by atoms with Gasteiger partial charge in [0.25, 0.3) is 0 Å². The first-order valence-electron chi connectivity index (χ1n) is 4.66. The predicted octanol–water partition coefficient (Wildman–Crippen LogP) is 1.19. The minimum absolute atomic E-state index is 0.180. The van der Waals surface area contributed by atoms with Crippen LogP contribution in [0.4, 0.5) is 4.79 Å². The molecule has 0 saturated carbocycles. The highest BCUT2D eigenvalue weighted by atomic mass is 16.5. The molecule has 2 amide bonds. The zero-order chi connectivity index (χ0) is 10.4. The summed E-state index contributed by atoms with van der Waals surface area (Å²) < 4.78 is 4.93. The van der Waals surface area contributed by atoms with Gasteiger partial charge in [-0.25, -0.2) is 4.79 Å². The van der Waals surface area contributed by atoms with Crippen LogP contribution in [-0.4, -0.2) is 17.7 Å². The van der Waals surface area contributed by atoms with Crippen molar-refractivity contribution in [1.29, 1.82) is 0 Å². The van der Waals surface area contributed by atoms with Crippen LogP contribution in [0.1, 0.15) is 24.8 Å². The number of hydrogen-bond acceptors (Lipinski definition) is 3. The van der Waals surface area contributed by atoms with E-state index in [0.29, 0.717) is 18.8 Å². The van der Waals surface area contributed by atoms with E-state index in [1.807, 2.05) is 13.8 Å². The van der Waals surface area contributed by atoms with Crippen LogP contribution >= 0.6 is 0 Å². The third-order valence-electron chi connectivity index (χ3n) is 1.64. The maximum Gasteiger partial charge on any atom is 0.315 e. The Bertz CT molecular complexity index is 296. The lowest BCUT2D eigenvalue weighted by molar-refractivity contribution is 0.239. The first-order chi connectivity index (χ1) is 6.72. The number of nitrogens with one attached hydrogen (secondary N) is 2. The van der Waals surface area contributed by atoms with Crippen molar-refractivity contribution in [1.82, 2.24) is 15.8 Å². The van der Waals surface area contributed by atoms with Gasteiger partial charge in [-0.1, -0.05) is 12.1 Å². The molecule has 5 heteroatoms. The van der Waals surface area contributed by atoms with Crippen LogP contribution in [-0.2, 0) is 6.54 Å². The van der Waals surface area contributed by atoms with E-state index >= 15 is 0 Å². The number of urea groups is 1. The molecule has 0 spiro atoms. The third kappa shape index (κ3) is 3.47. The summed E-state index contributed by atoms with van der Waals surface area (Å²) in [5.74, 6) is 0.661. The van der Waals surface area contributed by atoms with Crippen LogP contribution in [0, 0.1) is 6.92 Å². The summed E-state index contributed by atoms with van der Waals surface area (Å²) in [6.07, 6.45) is 0.925. The van der Waals surface area contributed by atoms with E-state index in [0.717, 1.165) is 12.1 Å². The van der Waals surface area contributed by atoms with Gasteiger partial charge in [0.05, 0.1) is 12.2 Å². The quantitative estimate of drug-likeness (QED) is 0.762. The van der Waals surface area contributed by atoms with E-state index in [1.54, 1.807) is 6.07 Å². The Morgan fingerprint density at radius 2 is 2.36 bits per heavy atom. The van der Waals surface area contributed by atoms with E-state index in [-0.39, 0.29) is 6.03 Å². The molecule has 0 saturated heterocycles. The first-order valence-corrected chi connectivity index (χ1v) is 4.66. The molecule has 0 unspecified atom stereocenters. The molecule has 0 bridgehead atoms. The summed E-state index contributed by atoms with van der Waals surface area (Å²) in [5.41, 5.74) is 0.816. The molecule has 1 heterocycles. The molecule has 0 fully saturated rings. The molecule has 0 aliphatic carbocycles. The fourth-order valence-corrected chi connectivity index (χ4v) is 0.968. The van der Waals surface area contributed by atoms with E-state index in [9.17, 15) is 4.79 Å². The number of aromatic nitrogens is 1. The summed E-state index contributed by atoms with van der Waals surface area (Å²) >= 11 is 0. The van der Waals surface area contributed by atoms with Crippen molar-refractivity contribution < 1.29 is 9.32 Å². The summed E-state index contributed by atoms with van der Waals surface area (Å²) in [7, 11) is 0. The molecule has 2 N–H and O–H groups in total. The molecule has 14 heavy (non-hydrogen) atoms. The van der Waals surface area contributed by atoms with Crippen molar-refractivity contribution in [2.45, 2.75) is 26.8 Å². The molecular formula is C9H15N3O2. The summed E-state index contributed by atoms with van der Waals surface area (Å²) in [5, 5.41) is 9.07. The van der Waals surface area contributed by atoms with Crippen LogP contribution in [0.2, 0.25) is 0 Å². The minimum Gasteiger partial charge on any atom is -0.359 e. The maximum atomic E-state index is 11.1. The van der Waals surface area contributed by atoms with Gasteiger partial charge in [0, 0.05) is 12.6 Å². The van der Waals surface area contributed by atoms with Gasteiger partial charge in [-0.05, 0) is 13.3 Å². The number of aryl methyl sites for hydroxylation is 1. The first kappa shape index (κ1) is 10.6. The van der Waals surface area contributed by atoms with Gasteiger partial charge in [-0.2, -0.15) is 0 Å². The second-order valence-corrected chi connectivity index (χ2v) is 3.04. The van der Waals surface area contributed by atoms with Crippen molar-refractivity contribution in [3.63, 3.8) is 0 Å². The predicted molar refractivity (Wildman–Crippen MR) is 51.8 cm³/mol. The van der Waals surface area contributed by atoms with Gasteiger partial charge >= 0.3 is 6.03 Å². The van der Waals surface area contributed by atoms with Gasteiger partial charge in [-0.3, -0.25) is 0 Å². The summed E-state index contributed by atoms with van der Waals surface area (Å²) in [6, 6.07) is 1.61. The maximum absolute atomic E-state index is 11.1. The molecule has 0 aromatic carbocycles. The minimum atomic E-state index is -0.180. The molecule has 0 aliphatic rings. The molecular weight excluding hydrogens is 182 g/mol. The number of amides is 2. The Hall–Kier alpha value is -1.52. The monoisotopic (exact) mass is 197 g/mol. The normalized spacial score (nSPS) is 9.86. The number of carbonyl (C=O) groups is 1. The van der Waals surface area contributed by atoms with E-state index in [2.05, 4.69) is 15.8 Å². The van der Waals surface area contributed by atoms with Crippen molar-refractivity contribution in [2.75, 3.05) is 6.54 Å². The number of carbonyl (C=O) groups excluding carboxylic acids is 1. The van der Waals surface area contributed by atoms with Crippen molar-refractivity contribution >= 4 is 6.03 Å². The van der Waals surface area contributed by atoms with Crippen molar-refractivity contribution in [2.24, 2.45) is 0 Å². The fraction of sp³-hybridized carbons (Fsp3) is 0.556. The van der Waals surface area contributed by atoms with Crippen LogP contribution in [0.5, 0.6) is 0 Å². The average molecular weight is 197 g/mol. The van der Waals surface area contributed by atoms with E-state index in [1.165, 1.54) is 0 Å². The molecule has 1 rings (SSSR count). The molecule has 78 valence electrons. The van der Waals surface area contributed by atoms with Crippen molar-refractivity contribution in [3.8, 4) is 0 Å². The second kappa shape index (κ2) is 5.26. The largest absolute Gasteiger partial charge is 0.359 e. The lowest BCUT2D eigenvalue weighted by Gasteiger charge is -2.03. The van der Waals surface area contributed by atoms with E-state index < -0.39 is 0 Å². The van der Waals surface area contributed by atoms with E-state index in [4.69, 9.17) is 4.52 Å². The molecule has 0 aliphatic heterocycles.